The Morgan fingerprint density at radius 2 is 1.81 bits per heavy atom. The van der Waals surface area contributed by atoms with Crippen molar-refractivity contribution in [2.45, 2.75) is 12.8 Å². The Kier molecular flexibility index (Phi) is 5.46. The van der Waals surface area contributed by atoms with E-state index in [2.05, 4.69) is 0 Å². The van der Waals surface area contributed by atoms with Crippen molar-refractivity contribution in [3.05, 3.63) is 58.1 Å². The molecule has 0 saturated carbocycles. The van der Waals surface area contributed by atoms with Gasteiger partial charge in [0, 0.05) is 22.3 Å². The van der Waals surface area contributed by atoms with Gasteiger partial charge in [-0.25, -0.2) is 8.42 Å². The van der Waals surface area contributed by atoms with Crippen LogP contribution in [0.3, 0.4) is 0 Å². The monoisotopic (exact) mass is 412 g/mol. The van der Waals surface area contributed by atoms with E-state index in [1.54, 1.807) is 4.90 Å². The lowest BCUT2D eigenvalue weighted by atomic mass is 10.0. The molecule has 2 aromatic carbocycles. The summed E-state index contributed by atoms with van der Waals surface area (Å²) in [6.07, 6.45) is 2.80. The SMILES string of the molecule is CS(=O)(=O)N(CC(=O)N1CCCc2ccccc21)c1cc(Cl)cc(Cl)c1. The van der Waals surface area contributed by atoms with E-state index in [0.29, 0.717) is 16.6 Å². The third-order valence-corrected chi connectivity index (χ3v) is 5.80. The van der Waals surface area contributed by atoms with Crippen LogP contribution in [0.2, 0.25) is 10.0 Å². The largest absolute Gasteiger partial charge is 0.311 e. The van der Waals surface area contributed by atoms with E-state index >= 15 is 0 Å². The van der Waals surface area contributed by atoms with Crippen molar-refractivity contribution < 1.29 is 13.2 Å². The number of rotatable bonds is 4. The van der Waals surface area contributed by atoms with E-state index in [4.69, 9.17) is 23.2 Å². The molecule has 0 radical (unpaired) electrons. The molecule has 138 valence electrons. The van der Waals surface area contributed by atoms with Gasteiger partial charge in [0.25, 0.3) is 0 Å². The Morgan fingerprint density at radius 3 is 2.46 bits per heavy atom. The van der Waals surface area contributed by atoms with Gasteiger partial charge in [-0.1, -0.05) is 41.4 Å². The van der Waals surface area contributed by atoms with Crippen molar-refractivity contribution in [1.82, 2.24) is 0 Å². The van der Waals surface area contributed by atoms with Crippen LogP contribution in [0.15, 0.2) is 42.5 Å². The van der Waals surface area contributed by atoms with E-state index in [1.807, 2.05) is 24.3 Å². The van der Waals surface area contributed by atoms with Gasteiger partial charge in [-0.15, -0.1) is 0 Å². The second-order valence-corrected chi connectivity index (χ2v) is 8.95. The number of para-hydroxylation sites is 1. The highest BCUT2D eigenvalue weighted by atomic mass is 35.5. The summed E-state index contributed by atoms with van der Waals surface area (Å²) in [5.41, 5.74) is 2.19. The highest BCUT2D eigenvalue weighted by molar-refractivity contribution is 7.92. The van der Waals surface area contributed by atoms with Crippen molar-refractivity contribution in [3.8, 4) is 0 Å². The van der Waals surface area contributed by atoms with E-state index in [9.17, 15) is 13.2 Å². The first-order valence-electron chi connectivity index (χ1n) is 8.08. The Morgan fingerprint density at radius 1 is 1.15 bits per heavy atom. The zero-order chi connectivity index (χ0) is 18.9. The maximum absolute atomic E-state index is 12.9. The molecule has 0 fully saturated rings. The number of benzene rings is 2. The Bertz CT molecular complexity index is 927. The predicted octanol–water partition coefficient (Wildman–Crippen LogP) is 3.74. The Hall–Kier alpha value is -1.76. The maximum Gasteiger partial charge on any atom is 0.247 e. The second kappa shape index (κ2) is 7.47. The first-order valence-corrected chi connectivity index (χ1v) is 10.7. The van der Waals surface area contributed by atoms with Crippen LogP contribution in [-0.4, -0.2) is 33.7 Å². The topological polar surface area (TPSA) is 57.7 Å². The zero-order valence-corrected chi connectivity index (χ0v) is 16.5. The molecule has 0 bridgehead atoms. The first kappa shape index (κ1) is 19.0. The number of carbonyl (C=O) groups is 1. The minimum Gasteiger partial charge on any atom is -0.311 e. The lowest BCUT2D eigenvalue weighted by molar-refractivity contribution is -0.117. The molecule has 8 heteroatoms. The number of halogens is 2. The third kappa shape index (κ3) is 4.14. The first-order chi connectivity index (χ1) is 12.3. The van der Waals surface area contributed by atoms with E-state index < -0.39 is 10.0 Å². The van der Waals surface area contributed by atoms with Crippen LogP contribution in [0.5, 0.6) is 0 Å². The van der Waals surface area contributed by atoms with Gasteiger partial charge in [0.2, 0.25) is 15.9 Å². The number of sulfonamides is 1. The van der Waals surface area contributed by atoms with Crippen molar-refractivity contribution in [2.24, 2.45) is 0 Å². The van der Waals surface area contributed by atoms with Crippen LogP contribution < -0.4 is 9.21 Å². The molecule has 0 saturated heterocycles. The van der Waals surface area contributed by atoms with Crippen LogP contribution in [0.1, 0.15) is 12.0 Å². The smallest absolute Gasteiger partial charge is 0.247 e. The molecule has 0 aliphatic carbocycles. The summed E-state index contributed by atoms with van der Waals surface area (Å²) < 4.78 is 25.6. The van der Waals surface area contributed by atoms with Gasteiger partial charge in [-0.05, 0) is 42.7 Å². The molecular formula is C18H18Cl2N2O3S. The summed E-state index contributed by atoms with van der Waals surface area (Å²) in [5.74, 6) is -0.293. The van der Waals surface area contributed by atoms with Gasteiger partial charge in [0.15, 0.2) is 0 Å². The number of nitrogens with zero attached hydrogens (tertiary/aromatic N) is 2. The maximum atomic E-state index is 12.9. The van der Waals surface area contributed by atoms with Crippen LogP contribution in [0.4, 0.5) is 11.4 Å². The van der Waals surface area contributed by atoms with Crippen molar-refractivity contribution in [3.63, 3.8) is 0 Å². The summed E-state index contributed by atoms with van der Waals surface area (Å²) in [4.78, 5) is 14.6. The Balaban J connectivity index is 1.92. The van der Waals surface area contributed by atoms with E-state index in [1.165, 1.54) is 18.2 Å². The number of amides is 1. The molecular weight excluding hydrogens is 395 g/mol. The zero-order valence-electron chi connectivity index (χ0n) is 14.2. The molecule has 1 amide bonds. The molecule has 1 aliphatic heterocycles. The molecule has 0 N–H and O–H groups in total. The predicted molar refractivity (Wildman–Crippen MR) is 106 cm³/mol. The molecule has 1 heterocycles. The number of aryl methyl sites for hydroxylation is 1. The summed E-state index contributed by atoms with van der Waals surface area (Å²) in [6.45, 7) is 0.244. The Labute approximate surface area is 163 Å². The van der Waals surface area contributed by atoms with Gasteiger partial charge in [0.05, 0.1) is 11.9 Å². The van der Waals surface area contributed by atoms with E-state index in [0.717, 1.165) is 34.7 Å². The number of hydrogen-bond acceptors (Lipinski definition) is 3. The van der Waals surface area contributed by atoms with Crippen molar-refractivity contribution >= 4 is 50.5 Å². The van der Waals surface area contributed by atoms with Gasteiger partial charge in [0.1, 0.15) is 6.54 Å². The van der Waals surface area contributed by atoms with Crippen LogP contribution >= 0.6 is 23.2 Å². The lowest BCUT2D eigenvalue weighted by Crippen LogP contribution is -2.44. The number of fused-ring (bicyclic) bond motifs is 1. The second-order valence-electron chi connectivity index (χ2n) is 6.17. The number of anilines is 2. The molecule has 0 atom stereocenters. The standard InChI is InChI=1S/C18H18Cl2N2O3S/c1-26(24,25)22(16-10-14(19)9-15(20)11-16)12-18(23)21-8-4-6-13-5-2-3-7-17(13)21/h2-3,5,7,9-11H,4,6,8,12H2,1H3. The summed E-state index contributed by atoms with van der Waals surface area (Å²) in [7, 11) is -3.69. The summed E-state index contributed by atoms with van der Waals surface area (Å²) in [6, 6.07) is 12.1. The van der Waals surface area contributed by atoms with Crippen LogP contribution in [0, 0.1) is 0 Å². The average Bonchev–Trinajstić information content (AvgIpc) is 2.57. The summed E-state index contributed by atoms with van der Waals surface area (Å²) >= 11 is 12.0. The fraction of sp³-hybridized carbons (Fsp3) is 0.278. The average molecular weight is 413 g/mol. The fourth-order valence-electron chi connectivity index (χ4n) is 3.08. The molecule has 26 heavy (non-hydrogen) atoms. The van der Waals surface area contributed by atoms with Crippen LogP contribution in [0.25, 0.3) is 0 Å². The van der Waals surface area contributed by atoms with Crippen molar-refractivity contribution in [2.75, 3.05) is 28.6 Å². The summed E-state index contributed by atoms with van der Waals surface area (Å²) in [5, 5.41) is 0.605. The molecule has 2 aromatic rings. The fourth-order valence-corrected chi connectivity index (χ4v) is 4.43. The van der Waals surface area contributed by atoms with Crippen molar-refractivity contribution in [1.29, 1.82) is 0 Å². The van der Waals surface area contributed by atoms with E-state index in [-0.39, 0.29) is 18.1 Å². The molecule has 0 spiro atoms. The quantitative estimate of drug-likeness (QED) is 0.768. The van der Waals surface area contributed by atoms with Gasteiger partial charge in [-0.2, -0.15) is 0 Å². The molecule has 0 unspecified atom stereocenters. The minimum atomic E-state index is -3.69. The van der Waals surface area contributed by atoms with Gasteiger partial charge < -0.3 is 4.90 Å². The molecule has 1 aliphatic rings. The van der Waals surface area contributed by atoms with Gasteiger partial charge in [-0.3, -0.25) is 9.10 Å². The highest BCUT2D eigenvalue weighted by Crippen LogP contribution is 2.29. The number of hydrogen-bond donors (Lipinski definition) is 0. The highest BCUT2D eigenvalue weighted by Gasteiger charge is 2.27. The number of carbonyl (C=O) groups excluding carboxylic acids is 1. The molecule has 3 rings (SSSR count). The third-order valence-electron chi connectivity index (χ3n) is 4.23. The normalized spacial score (nSPS) is 14.0. The lowest BCUT2D eigenvalue weighted by Gasteiger charge is -2.31. The molecule has 0 aromatic heterocycles. The van der Waals surface area contributed by atoms with Gasteiger partial charge >= 0.3 is 0 Å². The van der Waals surface area contributed by atoms with Crippen LogP contribution in [-0.2, 0) is 21.2 Å². The minimum absolute atomic E-state index is 0.267. The molecule has 5 nitrogen and oxygen atoms in total.